The van der Waals surface area contributed by atoms with E-state index in [2.05, 4.69) is 20.4 Å². The summed E-state index contributed by atoms with van der Waals surface area (Å²) in [4.78, 5) is 18.5. The molecule has 0 aliphatic heterocycles. The van der Waals surface area contributed by atoms with Gasteiger partial charge < -0.3 is 10.1 Å². The fourth-order valence-electron chi connectivity index (χ4n) is 2.44. The standard InChI is InChI=1S/C18H15F4N5O2/c1-17(2,18(20,21)22)29-14-4-11(3-12(19)5-14)15-6-16(25-10-28)26-27(15)13-7-23-9-24-8-13/h3-10H,1-2H3,(H,25,26,28). The molecule has 0 fully saturated rings. The Kier molecular flexibility index (Phi) is 5.23. The van der Waals surface area contributed by atoms with Crippen LogP contribution in [0.2, 0.25) is 0 Å². The van der Waals surface area contributed by atoms with E-state index >= 15 is 0 Å². The minimum absolute atomic E-state index is 0.140. The van der Waals surface area contributed by atoms with E-state index in [1.165, 1.54) is 35.5 Å². The Labute approximate surface area is 162 Å². The van der Waals surface area contributed by atoms with E-state index in [0.717, 1.165) is 26.0 Å². The number of ether oxygens (including phenoxy) is 1. The zero-order chi connectivity index (χ0) is 21.2. The van der Waals surface area contributed by atoms with Crippen LogP contribution in [0.3, 0.4) is 0 Å². The van der Waals surface area contributed by atoms with Crippen LogP contribution in [0.4, 0.5) is 23.4 Å². The average molecular weight is 409 g/mol. The first kappa shape index (κ1) is 20.2. The van der Waals surface area contributed by atoms with Gasteiger partial charge in [-0.15, -0.1) is 5.10 Å². The molecular weight excluding hydrogens is 394 g/mol. The van der Waals surface area contributed by atoms with Gasteiger partial charge in [0.15, 0.2) is 11.4 Å². The topological polar surface area (TPSA) is 81.9 Å². The van der Waals surface area contributed by atoms with Gasteiger partial charge in [-0.2, -0.15) is 13.2 Å². The van der Waals surface area contributed by atoms with E-state index < -0.39 is 17.6 Å². The number of carbonyl (C=O) groups is 1. The number of amides is 1. The molecule has 1 N–H and O–H groups in total. The highest BCUT2D eigenvalue weighted by Crippen LogP contribution is 2.36. The number of nitrogens with one attached hydrogen (secondary N) is 1. The number of nitrogens with zero attached hydrogens (tertiary/aromatic N) is 4. The molecule has 3 aromatic rings. The van der Waals surface area contributed by atoms with Crippen LogP contribution in [0.5, 0.6) is 5.75 Å². The van der Waals surface area contributed by atoms with Gasteiger partial charge in [-0.05, 0) is 26.0 Å². The third kappa shape index (κ3) is 4.33. The summed E-state index contributed by atoms with van der Waals surface area (Å²) >= 11 is 0. The summed E-state index contributed by atoms with van der Waals surface area (Å²) in [5.41, 5.74) is -1.69. The maximum atomic E-state index is 14.2. The molecule has 0 radical (unpaired) electrons. The molecule has 0 bridgehead atoms. The number of benzene rings is 1. The van der Waals surface area contributed by atoms with Gasteiger partial charge in [0.25, 0.3) is 0 Å². The molecule has 0 aliphatic rings. The first-order valence-corrected chi connectivity index (χ1v) is 8.23. The molecule has 2 aromatic heterocycles. The Balaban J connectivity index is 2.09. The predicted octanol–water partition coefficient (Wildman–Crippen LogP) is 3.76. The summed E-state index contributed by atoms with van der Waals surface area (Å²) in [6.07, 6.45) is -0.104. The van der Waals surface area contributed by atoms with Crippen LogP contribution in [0.25, 0.3) is 16.9 Å². The zero-order valence-corrected chi connectivity index (χ0v) is 15.2. The van der Waals surface area contributed by atoms with Crippen LogP contribution in [0.1, 0.15) is 13.8 Å². The van der Waals surface area contributed by atoms with Gasteiger partial charge in [0.05, 0.1) is 18.1 Å². The highest BCUT2D eigenvalue weighted by Gasteiger charge is 2.49. The van der Waals surface area contributed by atoms with Crippen molar-refractivity contribution in [2.24, 2.45) is 0 Å². The second-order valence-corrected chi connectivity index (χ2v) is 6.47. The summed E-state index contributed by atoms with van der Waals surface area (Å²) < 4.78 is 59.9. The van der Waals surface area contributed by atoms with Crippen molar-refractivity contribution in [1.82, 2.24) is 19.7 Å². The van der Waals surface area contributed by atoms with Crippen molar-refractivity contribution in [3.8, 4) is 22.7 Å². The molecule has 0 spiro atoms. The summed E-state index contributed by atoms with van der Waals surface area (Å²) in [6, 6.07) is 4.64. The Morgan fingerprint density at radius 3 is 2.41 bits per heavy atom. The van der Waals surface area contributed by atoms with Crippen LogP contribution in [0.15, 0.2) is 43.0 Å². The number of rotatable bonds is 6. The van der Waals surface area contributed by atoms with Crippen molar-refractivity contribution in [2.75, 3.05) is 5.32 Å². The fourth-order valence-corrected chi connectivity index (χ4v) is 2.44. The predicted molar refractivity (Wildman–Crippen MR) is 95.0 cm³/mol. The van der Waals surface area contributed by atoms with Crippen LogP contribution in [0, 0.1) is 5.82 Å². The van der Waals surface area contributed by atoms with Crippen LogP contribution in [-0.2, 0) is 4.79 Å². The third-order valence-electron chi connectivity index (χ3n) is 3.93. The Hall–Kier alpha value is -3.50. The van der Waals surface area contributed by atoms with E-state index in [-0.39, 0.29) is 22.8 Å². The van der Waals surface area contributed by atoms with E-state index in [1.54, 1.807) is 0 Å². The first-order valence-electron chi connectivity index (χ1n) is 8.23. The van der Waals surface area contributed by atoms with Crippen molar-refractivity contribution in [3.63, 3.8) is 0 Å². The number of aromatic nitrogens is 4. The molecule has 0 aliphatic carbocycles. The summed E-state index contributed by atoms with van der Waals surface area (Å²) in [5.74, 6) is -0.983. The zero-order valence-electron chi connectivity index (χ0n) is 15.2. The lowest BCUT2D eigenvalue weighted by molar-refractivity contribution is -0.234. The molecule has 0 saturated carbocycles. The molecule has 2 heterocycles. The minimum Gasteiger partial charge on any atom is -0.478 e. The Morgan fingerprint density at radius 1 is 1.10 bits per heavy atom. The molecule has 152 valence electrons. The van der Waals surface area contributed by atoms with Crippen LogP contribution in [-0.4, -0.2) is 37.9 Å². The minimum atomic E-state index is -4.66. The van der Waals surface area contributed by atoms with Crippen molar-refractivity contribution >= 4 is 12.2 Å². The quantitative estimate of drug-likeness (QED) is 0.495. The number of hydrogen-bond donors (Lipinski definition) is 1. The monoisotopic (exact) mass is 409 g/mol. The lowest BCUT2D eigenvalue weighted by atomic mass is 10.1. The molecule has 3 rings (SSSR count). The van der Waals surface area contributed by atoms with Gasteiger partial charge in [0.2, 0.25) is 6.41 Å². The van der Waals surface area contributed by atoms with E-state index in [0.29, 0.717) is 12.1 Å². The number of alkyl halides is 3. The SMILES string of the molecule is CC(C)(Oc1cc(F)cc(-c2cc(NC=O)nn2-c2cncnc2)c1)C(F)(F)F. The summed E-state index contributed by atoms with van der Waals surface area (Å²) in [7, 11) is 0. The fraction of sp³-hybridized carbons (Fsp3) is 0.222. The van der Waals surface area contributed by atoms with Gasteiger partial charge in [0.1, 0.15) is 23.6 Å². The van der Waals surface area contributed by atoms with E-state index in [4.69, 9.17) is 4.74 Å². The Morgan fingerprint density at radius 2 is 1.79 bits per heavy atom. The maximum Gasteiger partial charge on any atom is 0.427 e. The number of hydrogen-bond acceptors (Lipinski definition) is 5. The summed E-state index contributed by atoms with van der Waals surface area (Å²) in [5, 5.41) is 6.54. The van der Waals surface area contributed by atoms with E-state index in [9.17, 15) is 22.4 Å². The van der Waals surface area contributed by atoms with Gasteiger partial charge in [-0.1, -0.05) is 0 Å². The van der Waals surface area contributed by atoms with Gasteiger partial charge in [-0.25, -0.2) is 19.0 Å². The Bertz CT molecular complexity index is 1020. The number of halogens is 4. The highest BCUT2D eigenvalue weighted by atomic mass is 19.4. The molecule has 0 saturated heterocycles. The molecule has 1 aromatic carbocycles. The van der Waals surface area contributed by atoms with Crippen molar-refractivity contribution in [1.29, 1.82) is 0 Å². The molecule has 11 heteroatoms. The molecule has 7 nitrogen and oxygen atoms in total. The number of carbonyl (C=O) groups excluding carboxylic acids is 1. The average Bonchev–Trinajstić information content (AvgIpc) is 3.05. The maximum absolute atomic E-state index is 14.2. The summed E-state index contributed by atoms with van der Waals surface area (Å²) in [6.45, 7) is 1.69. The smallest absolute Gasteiger partial charge is 0.427 e. The van der Waals surface area contributed by atoms with E-state index in [1.807, 2.05) is 0 Å². The van der Waals surface area contributed by atoms with Gasteiger partial charge in [0, 0.05) is 17.7 Å². The number of anilines is 1. The molecule has 0 unspecified atom stereocenters. The largest absolute Gasteiger partial charge is 0.478 e. The molecule has 0 atom stereocenters. The first-order chi connectivity index (χ1) is 13.6. The molecule has 1 amide bonds. The van der Waals surface area contributed by atoms with Gasteiger partial charge >= 0.3 is 6.18 Å². The van der Waals surface area contributed by atoms with Crippen LogP contribution < -0.4 is 10.1 Å². The third-order valence-corrected chi connectivity index (χ3v) is 3.93. The van der Waals surface area contributed by atoms with Gasteiger partial charge in [-0.3, -0.25) is 4.79 Å². The van der Waals surface area contributed by atoms with Crippen LogP contribution >= 0.6 is 0 Å². The second-order valence-electron chi connectivity index (χ2n) is 6.47. The highest BCUT2D eigenvalue weighted by molar-refractivity contribution is 5.74. The second kappa shape index (κ2) is 7.49. The molecule has 29 heavy (non-hydrogen) atoms. The lowest BCUT2D eigenvalue weighted by Crippen LogP contribution is -2.44. The van der Waals surface area contributed by atoms with Crippen molar-refractivity contribution in [2.45, 2.75) is 25.6 Å². The van der Waals surface area contributed by atoms with Crippen molar-refractivity contribution in [3.05, 3.63) is 48.8 Å². The normalized spacial score (nSPS) is 11.9. The lowest BCUT2D eigenvalue weighted by Gasteiger charge is -2.29. The molecular formula is C18H15F4N5O2. The van der Waals surface area contributed by atoms with Crippen molar-refractivity contribution < 1.29 is 27.1 Å².